The highest BCUT2D eigenvalue weighted by Gasteiger charge is 2.30. The van der Waals surface area contributed by atoms with E-state index in [2.05, 4.69) is 5.32 Å². The van der Waals surface area contributed by atoms with Gasteiger partial charge in [-0.05, 0) is 31.6 Å². The largest absolute Gasteiger partial charge is 0.393 e. The number of likely N-dealkylation sites (tertiary alicyclic amines) is 1. The van der Waals surface area contributed by atoms with Crippen LogP contribution in [0.15, 0.2) is 0 Å². The maximum Gasteiger partial charge on any atom is 0.242 e. The third-order valence-electron chi connectivity index (χ3n) is 3.94. The summed E-state index contributed by atoms with van der Waals surface area (Å²) in [4.78, 5) is 25.8. The predicted molar refractivity (Wildman–Crippen MR) is 78.1 cm³/mol. The van der Waals surface area contributed by atoms with Crippen LogP contribution >= 0.6 is 0 Å². The molecular formula is C15H28N2O3. The molecule has 2 amide bonds. The molecule has 1 saturated heterocycles. The predicted octanol–water partition coefficient (Wildman–Crippen LogP) is 1.30. The molecule has 2 atom stereocenters. The van der Waals surface area contributed by atoms with Gasteiger partial charge in [-0.2, -0.15) is 0 Å². The summed E-state index contributed by atoms with van der Waals surface area (Å²) in [6, 6.07) is -0.326. The number of rotatable bonds is 6. The molecule has 1 fully saturated rings. The zero-order valence-electron chi connectivity index (χ0n) is 12.9. The maximum atomic E-state index is 12.2. The van der Waals surface area contributed by atoms with Gasteiger partial charge in [0.2, 0.25) is 11.8 Å². The number of carbonyl (C=O) groups excluding carboxylic acids is 2. The minimum atomic E-state index is -0.393. The lowest BCUT2D eigenvalue weighted by atomic mass is 10.0. The van der Waals surface area contributed by atoms with E-state index in [1.54, 1.807) is 4.90 Å². The molecule has 116 valence electrons. The molecule has 1 heterocycles. The topological polar surface area (TPSA) is 69.6 Å². The van der Waals surface area contributed by atoms with Crippen molar-refractivity contribution in [2.45, 2.75) is 65.0 Å². The maximum absolute atomic E-state index is 12.2. The van der Waals surface area contributed by atoms with Crippen molar-refractivity contribution in [3.8, 4) is 0 Å². The molecular weight excluding hydrogens is 256 g/mol. The molecule has 0 aromatic rings. The first-order valence-electron chi connectivity index (χ1n) is 7.72. The number of aliphatic hydroxyl groups excluding tert-OH is 1. The zero-order chi connectivity index (χ0) is 15.1. The molecule has 1 aliphatic rings. The third kappa shape index (κ3) is 4.78. The second kappa shape index (κ2) is 8.25. The SMILES string of the molecule is CCC(=O)N1CCCCC1C(=O)NCCC(O)C(C)C. The monoisotopic (exact) mass is 284 g/mol. The smallest absolute Gasteiger partial charge is 0.242 e. The molecule has 0 spiro atoms. The Morgan fingerprint density at radius 2 is 2.05 bits per heavy atom. The van der Waals surface area contributed by atoms with Gasteiger partial charge in [0.25, 0.3) is 0 Å². The summed E-state index contributed by atoms with van der Waals surface area (Å²) in [5.41, 5.74) is 0. The first-order valence-corrected chi connectivity index (χ1v) is 7.72. The normalized spacial score (nSPS) is 20.9. The van der Waals surface area contributed by atoms with Crippen molar-refractivity contribution in [2.75, 3.05) is 13.1 Å². The minimum Gasteiger partial charge on any atom is -0.393 e. The zero-order valence-corrected chi connectivity index (χ0v) is 12.9. The van der Waals surface area contributed by atoms with Crippen LogP contribution in [0.3, 0.4) is 0 Å². The van der Waals surface area contributed by atoms with Gasteiger partial charge in [0.15, 0.2) is 0 Å². The molecule has 5 heteroatoms. The Bertz CT molecular complexity index is 331. The number of amides is 2. The van der Waals surface area contributed by atoms with E-state index in [4.69, 9.17) is 0 Å². The molecule has 0 aromatic carbocycles. The van der Waals surface area contributed by atoms with Gasteiger partial charge in [0.05, 0.1) is 6.10 Å². The number of carbonyl (C=O) groups is 2. The quantitative estimate of drug-likeness (QED) is 0.772. The van der Waals surface area contributed by atoms with Crippen LogP contribution < -0.4 is 5.32 Å². The van der Waals surface area contributed by atoms with Crippen LogP contribution in [0.25, 0.3) is 0 Å². The number of nitrogens with one attached hydrogen (secondary N) is 1. The van der Waals surface area contributed by atoms with Crippen LogP contribution in [-0.4, -0.2) is 47.1 Å². The fourth-order valence-electron chi connectivity index (χ4n) is 2.50. The van der Waals surface area contributed by atoms with E-state index in [-0.39, 0.29) is 23.8 Å². The van der Waals surface area contributed by atoms with Crippen molar-refractivity contribution >= 4 is 11.8 Å². The van der Waals surface area contributed by atoms with Gasteiger partial charge in [0, 0.05) is 19.5 Å². The lowest BCUT2D eigenvalue weighted by molar-refractivity contribution is -0.142. The van der Waals surface area contributed by atoms with Crippen molar-refractivity contribution < 1.29 is 14.7 Å². The van der Waals surface area contributed by atoms with Crippen molar-refractivity contribution in [3.05, 3.63) is 0 Å². The second-order valence-electron chi connectivity index (χ2n) is 5.84. The molecule has 2 N–H and O–H groups in total. The van der Waals surface area contributed by atoms with Crippen molar-refractivity contribution in [2.24, 2.45) is 5.92 Å². The first-order chi connectivity index (χ1) is 9.47. The summed E-state index contributed by atoms with van der Waals surface area (Å²) in [5.74, 6) is 0.161. The Morgan fingerprint density at radius 3 is 2.65 bits per heavy atom. The van der Waals surface area contributed by atoms with Gasteiger partial charge in [-0.1, -0.05) is 20.8 Å². The van der Waals surface area contributed by atoms with E-state index in [1.807, 2.05) is 20.8 Å². The van der Waals surface area contributed by atoms with Gasteiger partial charge in [-0.3, -0.25) is 9.59 Å². The number of aliphatic hydroxyl groups is 1. The molecule has 2 unspecified atom stereocenters. The lowest BCUT2D eigenvalue weighted by Gasteiger charge is -2.34. The fraction of sp³-hybridized carbons (Fsp3) is 0.867. The number of hydrogen-bond donors (Lipinski definition) is 2. The van der Waals surface area contributed by atoms with Gasteiger partial charge in [-0.15, -0.1) is 0 Å². The van der Waals surface area contributed by atoms with E-state index in [1.165, 1.54) is 0 Å². The van der Waals surface area contributed by atoms with Crippen LogP contribution in [0, 0.1) is 5.92 Å². The number of piperidine rings is 1. The van der Waals surface area contributed by atoms with Crippen LogP contribution in [0.1, 0.15) is 52.9 Å². The standard InChI is InChI=1S/C15H28N2O3/c1-4-14(19)17-10-6-5-7-12(17)15(20)16-9-8-13(18)11(2)3/h11-13,18H,4-10H2,1-3H3,(H,16,20). The van der Waals surface area contributed by atoms with Gasteiger partial charge < -0.3 is 15.3 Å². The molecule has 5 nitrogen and oxygen atoms in total. The molecule has 0 aliphatic carbocycles. The van der Waals surface area contributed by atoms with E-state index in [0.717, 1.165) is 19.3 Å². The molecule has 1 rings (SSSR count). The van der Waals surface area contributed by atoms with Crippen LogP contribution in [0.2, 0.25) is 0 Å². The Hall–Kier alpha value is -1.10. The first kappa shape index (κ1) is 17.0. The highest BCUT2D eigenvalue weighted by molar-refractivity contribution is 5.87. The Balaban J connectivity index is 2.45. The summed E-state index contributed by atoms with van der Waals surface area (Å²) in [6.45, 7) is 6.87. The Kier molecular flexibility index (Phi) is 6.99. The lowest BCUT2D eigenvalue weighted by Crippen LogP contribution is -2.52. The highest BCUT2D eigenvalue weighted by Crippen LogP contribution is 2.18. The van der Waals surface area contributed by atoms with E-state index >= 15 is 0 Å². The Labute approximate surface area is 121 Å². The fourth-order valence-corrected chi connectivity index (χ4v) is 2.50. The molecule has 0 aromatic heterocycles. The molecule has 0 radical (unpaired) electrons. The van der Waals surface area contributed by atoms with Gasteiger partial charge in [0.1, 0.15) is 6.04 Å². The van der Waals surface area contributed by atoms with E-state index < -0.39 is 6.10 Å². The number of nitrogens with zero attached hydrogens (tertiary/aromatic N) is 1. The average Bonchev–Trinajstić information content (AvgIpc) is 2.45. The summed E-state index contributed by atoms with van der Waals surface area (Å²) in [6.07, 6.45) is 3.30. The van der Waals surface area contributed by atoms with Crippen LogP contribution in [-0.2, 0) is 9.59 Å². The molecule has 1 aliphatic heterocycles. The summed E-state index contributed by atoms with van der Waals surface area (Å²) in [7, 11) is 0. The average molecular weight is 284 g/mol. The minimum absolute atomic E-state index is 0.0482. The molecule has 0 bridgehead atoms. The summed E-state index contributed by atoms with van der Waals surface area (Å²) in [5, 5.41) is 12.6. The second-order valence-corrected chi connectivity index (χ2v) is 5.84. The van der Waals surface area contributed by atoms with Crippen molar-refractivity contribution in [1.29, 1.82) is 0 Å². The number of hydrogen-bond acceptors (Lipinski definition) is 3. The van der Waals surface area contributed by atoms with Crippen molar-refractivity contribution in [3.63, 3.8) is 0 Å². The molecule has 20 heavy (non-hydrogen) atoms. The Morgan fingerprint density at radius 1 is 1.35 bits per heavy atom. The van der Waals surface area contributed by atoms with Crippen LogP contribution in [0.5, 0.6) is 0 Å². The van der Waals surface area contributed by atoms with E-state index in [9.17, 15) is 14.7 Å². The van der Waals surface area contributed by atoms with Gasteiger partial charge >= 0.3 is 0 Å². The van der Waals surface area contributed by atoms with Crippen LogP contribution in [0.4, 0.5) is 0 Å². The van der Waals surface area contributed by atoms with Crippen molar-refractivity contribution in [1.82, 2.24) is 10.2 Å². The highest BCUT2D eigenvalue weighted by atomic mass is 16.3. The summed E-state index contributed by atoms with van der Waals surface area (Å²) >= 11 is 0. The summed E-state index contributed by atoms with van der Waals surface area (Å²) < 4.78 is 0. The third-order valence-corrected chi connectivity index (χ3v) is 3.94. The van der Waals surface area contributed by atoms with E-state index in [0.29, 0.717) is 25.9 Å². The molecule has 0 saturated carbocycles. The van der Waals surface area contributed by atoms with Gasteiger partial charge in [-0.25, -0.2) is 0 Å².